The Bertz CT molecular complexity index is 782. The van der Waals surface area contributed by atoms with Gasteiger partial charge in [0.15, 0.2) is 8.32 Å². The maximum atomic E-state index is 6.45. The van der Waals surface area contributed by atoms with Crippen molar-refractivity contribution in [1.82, 2.24) is 4.98 Å². The molecule has 1 aromatic carbocycles. The summed E-state index contributed by atoms with van der Waals surface area (Å²) in [5.41, 5.74) is 4.40. The summed E-state index contributed by atoms with van der Waals surface area (Å²) in [5.74, 6) is 1.33. The molecule has 4 nitrogen and oxygen atoms in total. The average molecular weight is 385 g/mol. The summed E-state index contributed by atoms with van der Waals surface area (Å²) in [5, 5.41) is 3.78. The van der Waals surface area contributed by atoms with Gasteiger partial charge in [-0.05, 0) is 61.0 Å². The van der Waals surface area contributed by atoms with Crippen molar-refractivity contribution in [3.8, 4) is 17.0 Å². The van der Waals surface area contributed by atoms with Gasteiger partial charge in [0, 0.05) is 24.6 Å². The van der Waals surface area contributed by atoms with E-state index in [4.69, 9.17) is 14.1 Å². The molecular formula is C22H32N2O2Si. The molecule has 0 saturated carbocycles. The lowest BCUT2D eigenvalue weighted by molar-refractivity contribution is 0.230. The van der Waals surface area contributed by atoms with Crippen molar-refractivity contribution in [1.29, 1.82) is 0 Å². The van der Waals surface area contributed by atoms with Crippen LogP contribution in [0.5, 0.6) is 5.75 Å². The van der Waals surface area contributed by atoms with Crippen LogP contribution < -0.4 is 10.1 Å². The molecule has 1 aliphatic rings. The fraction of sp³-hybridized carbons (Fsp3) is 0.500. The van der Waals surface area contributed by atoms with Crippen LogP contribution in [0.4, 0.5) is 5.69 Å². The molecule has 27 heavy (non-hydrogen) atoms. The molecular weight excluding hydrogens is 352 g/mol. The van der Waals surface area contributed by atoms with Gasteiger partial charge in [0.2, 0.25) is 0 Å². The molecule has 2 aromatic rings. The molecule has 2 heterocycles. The first-order valence-electron chi connectivity index (χ1n) is 9.72. The van der Waals surface area contributed by atoms with Crippen LogP contribution in [0.15, 0.2) is 36.4 Å². The summed E-state index contributed by atoms with van der Waals surface area (Å²) in [6.07, 6.45) is 0.959. The van der Waals surface area contributed by atoms with E-state index in [9.17, 15) is 0 Å². The first kappa shape index (κ1) is 19.9. The van der Waals surface area contributed by atoms with E-state index < -0.39 is 8.32 Å². The molecule has 0 fully saturated rings. The largest absolute Gasteiger partial charge is 0.497 e. The lowest BCUT2D eigenvalue weighted by atomic mass is 9.98. The highest BCUT2D eigenvalue weighted by atomic mass is 28.4. The van der Waals surface area contributed by atoms with Gasteiger partial charge < -0.3 is 14.5 Å². The second kappa shape index (κ2) is 7.64. The molecule has 0 spiro atoms. The van der Waals surface area contributed by atoms with E-state index in [1.807, 2.05) is 12.1 Å². The van der Waals surface area contributed by atoms with Crippen molar-refractivity contribution in [2.75, 3.05) is 25.6 Å². The Balaban J connectivity index is 1.71. The number of pyridine rings is 1. The predicted molar refractivity (Wildman–Crippen MR) is 115 cm³/mol. The molecule has 0 saturated heterocycles. The maximum absolute atomic E-state index is 6.45. The lowest BCUT2D eigenvalue weighted by Gasteiger charge is -2.38. The summed E-state index contributed by atoms with van der Waals surface area (Å²) in [6.45, 7) is 13.3. The number of rotatable bonds is 5. The van der Waals surface area contributed by atoms with Crippen molar-refractivity contribution in [2.45, 2.75) is 45.3 Å². The number of methoxy groups -OCH3 is 1. The summed E-state index contributed by atoms with van der Waals surface area (Å²) in [4.78, 5) is 4.93. The van der Waals surface area contributed by atoms with Crippen LogP contribution in [0.25, 0.3) is 11.3 Å². The molecule has 1 N–H and O–H groups in total. The van der Waals surface area contributed by atoms with Crippen molar-refractivity contribution in [2.24, 2.45) is 5.92 Å². The van der Waals surface area contributed by atoms with Crippen LogP contribution in [-0.2, 0) is 10.8 Å². The van der Waals surface area contributed by atoms with Gasteiger partial charge in [-0.1, -0.05) is 20.8 Å². The number of benzene rings is 1. The third kappa shape index (κ3) is 4.53. The normalized spacial score (nSPS) is 17.2. The summed E-state index contributed by atoms with van der Waals surface area (Å²) in [6, 6.07) is 12.3. The fourth-order valence-corrected chi connectivity index (χ4v) is 4.09. The zero-order valence-corrected chi connectivity index (χ0v) is 18.4. The van der Waals surface area contributed by atoms with Crippen LogP contribution in [0, 0.1) is 5.92 Å². The lowest BCUT2D eigenvalue weighted by Crippen LogP contribution is -2.43. The molecule has 0 amide bonds. The summed E-state index contributed by atoms with van der Waals surface area (Å²) >= 11 is 0. The van der Waals surface area contributed by atoms with Gasteiger partial charge in [0.1, 0.15) is 5.75 Å². The van der Waals surface area contributed by atoms with Gasteiger partial charge in [-0.3, -0.25) is 4.98 Å². The minimum atomic E-state index is -1.71. The van der Waals surface area contributed by atoms with Crippen molar-refractivity contribution < 1.29 is 9.16 Å². The van der Waals surface area contributed by atoms with Crippen LogP contribution in [-0.4, -0.2) is 33.6 Å². The van der Waals surface area contributed by atoms with Gasteiger partial charge in [0.05, 0.1) is 24.2 Å². The van der Waals surface area contributed by atoms with E-state index >= 15 is 0 Å². The Hall–Kier alpha value is -1.85. The van der Waals surface area contributed by atoms with Gasteiger partial charge in [0.25, 0.3) is 0 Å². The predicted octanol–water partition coefficient (Wildman–Crippen LogP) is 5.36. The van der Waals surface area contributed by atoms with E-state index in [0.717, 1.165) is 48.0 Å². The zero-order chi connectivity index (χ0) is 19.7. The standard InChI is InChI=1S/C22H32N2O2Si/c1-22(2,3)27(5,6)26-15-16-13-21-20(23-14-16)12-11-19(24-21)17-7-9-18(25-4)10-8-17/h7-12,16,23H,13-15H2,1-6H3. The molecule has 1 atom stereocenters. The number of ether oxygens (including phenoxy) is 1. The number of hydrogen-bond donors (Lipinski definition) is 1. The Labute approximate surface area is 164 Å². The zero-order valence-electron chi connectivity index (χ0n) is 17.4. The monoisotopic (exact) mass is 384 g/mol. The number of aromatic nitrogens is 1. The highest BCUT2D eigenvalue weighted by Gasteiger charge is 2.37. The first-order valence-corrected chi connectivity index (χ1v) is 12.6. The highest BCUT2D eigenvalue weighted by Crippen LogP contribution is 2.37. The van der Waals surface area contributed by atoms with Crippen LogP contribution in [0.3, 0.4) is 0 Å². The molecule has 146 valence electrons. The van der Waals surface area contributed by atoms with Gasteiger partial charge in [-0.15, -0.1) is 0 Å². The Morgan fingerprint density at radius 3 is 2.44 bits per heavy atom. The third-order valence-electron chi connectivity index (χ3n) is 5.91. The van der Waals surface area contributed by atoms with Gasteiger partial charge in [-0.2, -0.15) is 0 Å². The number of anilines is 1. The Kier molecular flexibility index (Phi) is 5.63. The summed E-state index contributed by atoms with van der Waals surface area (Å²) < 4.78 is 11.7. The van der Waals surface area contributed by atoms with Crippen molar-refractivity contribution in [3.05, 3.63) is 42.1 Å². The molecule has 0 radical (unpaired) electrons. The topological polar surface area (TPSA) is 43.4 Å². The third-order valence-corrected chi connectivity index (χ3v) is 10.4. The quantitative estimate of drug-likeness (QED) is 0.705. The second-order valence-electron chi connectivity index (χ2n) is 8.94. The van der Waals surface area contributed by atoms with E-state index in [1.54, 1.807) is 7.11 Å². The maximum Gasteiger partial charge on any atom is 0.191 e. The number of fused-ring (bicyclic) bond motifs is 1. The van der Waals surface area contributed by atoms with E-state index in [2.05, 4.69) is 63.4 Å². The molecule has 0 bridgehead atoms. The van der Waals surface area contributed by atoms with E-state index in [0.29, 0.717) is 5.92 Å². The Morgan fingerprint density at radius 1 is 1.11 bits per heavy atom. The molecule has 5 heteroatoms. The SMILES string of the molecule is COc1ccc(-c2ccc3c(n2)CC(CO[Si](C)(C)C(C)(C)C)CN3)cc1. The molecule has 1 unspecified atom stereocenters. The van der Waals surface area contributed by atoms with Gasteiger partial charge in [-0.25, -0.2) is 0 Å². The number of nitrogens with one attached hydrogen (secondary N) is 1. The molecule has 1 aromatic heterocycles. The van der Waals surface area contributed by atoms with Crippen molar-refractivity contribution in [3.63, 3.8) is 0 Å². The van der Waals surface area contributed by atoms with Crippen LogP contribution >= 0.6 is 0 Å². The van der Waals surface area contributed by atoms with E-state index in [-0.39, 0.29) is 5.04 Å². The minimum Gasteiger partial charge on any atom is -0.497 e. The fourth-order valence-electron chi connectivity index (χ4n) is 3.00. The average Bonchev–Trinajstić information content (AvgIpc) is 2.65. The number of nitrogens with zero attached hydrogens (tertiary/aromatic N) is 1. The summed E-state index contributed by atoms with van der Waals surface area (Å²) in [7, 11) is -0.0288. The minimum absolute atomic E-state index is 0.243. The number of hydrogen-bond acceptors (Lipinski definition) is 4. The smallest absolute Gasteiger partial charge is 0.191 e. The van der Waals surface area contributed by atoms with Crippen LogP contribution in [0.1, 0.15) is 26.5 Å². The second-order valence-corrected chi connectivity index (χ2v) is 13.8. The highest BCUT2D eigenvalue weighted by molar-refractivity contribution is 6.74. The molecule has 0 aliphatic carbocycles. The Morgan fingerprint density at radius 2 is 1.81 bits per heavy atom. The van der Waals surface area contributed by atoms with Gasteiger partial charge >= 0.3 is 0 Å². The van der Waals surface area contributed by atoms with E-state index in [1.165, 1.54) is 0 Å². The molecule has 1 aliphatic heterocycles. The van der Waals surface area contributed by atoms with Crippen LogP contribution in [0.2, 0.25) is 18.1 Å². The first-order chi connectivity index (χ1) is 12.7. The molecule has 3 rings (SSSR count). The van der Waals surface area contributed by atoms with Crippen molar-refractivity contribution >= 4 is 14.0 Å².